The van der Waals surface area contributed by atoms with Crippen molar-refractivity contribution in [2.75, 3.05) is 18.0 Å². The van der Waals surface area contributed by atoms with Crippen LogP contribution in [-0.4, -0.2) is 43.7 Å². The fourth-order valence-corrected chi connectivity index (χ4v) is 2.42. The highest BCUT2D eigenvalue weighted by molar-refractivity contribution is 5.80. The van der Waals surface area contributed by atoms with Gasteiger partial charge in [-0.25, -0.2) is 9.97 Å². The molecule has 0 radical (unpaired) electrons. The molecule has 2 N–H and O–H groups in total. The summed E-state index contributed by atoms with van der Waals surface area (Å²) in [7, 11) is 0. The summed E-state index contributed by atoms with van der Waals surface area (Å²) >= 11 is 0. The van der Waals surface area contributed by atoms with Gasteiger partial charge in [0.25, 0.3) is 0 Å². The highest BCUT2D eigenvalue weighted by Gasteiger charge is 2.27. The quantitative estimate of drug-likeness (QED) is 0.665. The van der Waals surface area contributed by atoms with E-state index >= 15 is 0 Å². The van der Waals surface area contributed by atoms with Crippen molar-refractivity contribution in [3.05, 3.63) is 24.2 Å². The molecule has 96 valence electrons. The summed E-state index contributed by atoms with van der Waals surface area (Å²) < 4.78 is 1.93. The van der Waals surface area contributed by atoms with Crippen molar-refractivity contribution in [3.63, 3.8) is 0 Å². The predicted molar refractivity (Wildman–Crippen MR) is 71.0 cm³/mol. The minimum Gasteiger partial charge on any atom is -0.350 e. The topological polar surface area (TPSA) is 85.2 Å². The van der Waals surface area contributed by atoms with Crippen LogP contribution < -0.4 is 10.6 Å². The number of aromatic nitrogens is 5. The van der Waals surface area contributed by atoms with Crippen LogP contribution in [0.1, 0.15) is 5.56 Å². The van der Waals surface area contributed by atoms with Gasteiger partial charge in [0.15, 0.2) is 11.5 Å². The molecular formula is C12H13N7. The first-order valence-corrected chi connectivity index (χ1v) is 6.19. The molecule has 0 aromatic carbocycles. The number of hydrogen-bond acceptors (Lipinski definition) is 6. The maximum absolute atomic E-state index is 5.83. The second kappa shape index (κ2) is 3.61. The van der Waals surface area contributed by atoms with Gasteiger partial charge in [0.2, 0.25) is 5.65 Å². The number of pyridine rings is 1. The maximum Gasteiger partial charge on any atom is 0.204 e. The molecule has 4 heterocycles. The lowest BCUT2D eigenvalue weighted by Crippen LogP contribution is -2.56. The largest absolute Gasteiger partial charge is 0.350 e. The molecule has 0 aliphatic carbocycles. The molecule has 1 aliphatic rings. The Hall–Kier alpha value is -2.28. The van der Waals surface area contributed by atoms with Gasteiger partial charge in [-0.05, 0) is 18.6 Å². The van der Waals surface area contributed by atoms with E-state index < -0.39 is 0 Å². The zero-order valence-electron chi connectivity index (χ0n) is 10.5. The molecule has 0 spiro atoms. The second-order valence-electron chi connectivity index (χ2n) is 4.98. The lowest BCUT2D eigenvalue weighted by atomic mass is 10.1. The van der Waals surface area contributed by atoms with E-state index in [1.165, 1.54) is 0 Å². The molecule has 7 nitrogen and oxygen atoms in total. The number of fused-ring (bicyclic) bond motifs is 3. The van der Waals surface area contributed by atoms with Gasteiger partial charge in [0.05, 0.1) is 5.52 Å². The van der Waals surface area contributed by atoms with Gasteiger partial charge in [0.1, 0.15) is 6.33 Å². The van der Waals surface area contributed by atoms with Crippen molar-refractivity contribution >= 4 is 22.6 Å². The van der Waals surface area contributed by atoms with Crippen LogP contribution in [0.25, 0.3) is 16.8 Å². The molecule has 3 aromatic heterocycles. The summed E-state index contributed by atoms with van der Waals surface area (Å²) in [6.07, 6.45) is 3.51. The fourth-order valence-electron chi connectivity index (χ4n) is 2.42. The molecule has 0 unspecified atom stereocenters. The lowest BCUT2D eigenvalue weighted by molar-refractivity contribution is 0.515. The van der Waals surface area contributed by atoms with Crippen molar-refractivity contribution in [2.45, 2.75) is 13.0 Å². The molecule has 0 saturated carbocycles. The monoisotopic (exact) mass is 255 g/mol. The Morgan fingerprint density at radius 1 is 1.37 bits per heavy atom. The molecule has 19 heavy (non-hydrogen) atoms. The third kappa shape index (κ3) is 1.48. The van der Waals surface area contributed by atoms with Crippen LogP contribution in [0.3, 0.4) is 0 Å². The summed E-state index contributed by atoms with van der Waals surface area (Å²) in [5.41, 5.74) is 9.30. The number of anilines is 1. The third-order valence-corrected chi connectivity index (χ3v) is 3.41. The first-order valence-electron chi connectivity index (χ1n) is 6.19. The van der Waals surface area contributed by atoms with E-state index in [0.29, 0.717) is 5.65 Å². The van der Waals surface area contributed by atoms with Gasteiger partial charge in [-0.2, -0.15) is 0 Å². The number of nitrogens with zero attached hydrogens (tertiary/aromatic N) is 6. The van der Waals surface area contributed by atoms with Gasteiger partial charge in [-0.1, -0.05) is 0 Å². The molecule has 1 saturated heterocycles. The minimum absolute atomic E-state index is 0.214. The molecule has 7 heteroatoms. The van der Waals surface area contributed by atoms with E-state index in [2.05, 4.69) is 25.1 Å². The summed E-state index contributed by atoms with van der Waals surface area (Å²) in [5, 5.41) is 8.16. The average molecular weight is 255 g/mol. The van der Waals surface area contributed by atoms with Crippen molar-refractivity contribution in [1.82, 2.24) is 24.6 Å². The zero-order valence-corrected chi connectivity index (χ0v) is 10.5. The summed E-state index contributed by atoms with van der Waals surface area (Å²) in [5.74, 6) is 0.808. The van der Waals surface area contributed by atoms with E-state index in [9.17, 15) is 0 Å². The third-order valence-electron chi connectivity index (χ3n) is 3.41. The van der Waals surface area contributed by atoms with Gasteiger partial charge in [-0.15, -0.1) is 10.2 Å². The van der Waals surface area contributed by atoms with Crippen LogP contribution in [0.4, 0.5) is 5.82 Å². The van der Waals surface area contributed by atoms with E-state index in [1.807, 2.05) is 23.6 Å². The first-order chi connectivity index (χ1) is 9.22. The average Bonchev–Trinajstić information content (AvgIpc) is 2.84. The van der Waals surface area contributed by atoms with E-state index in [-0.39, 0.29) is 6.04 Å². The standard InChI is InChI=1S/C12H13N7/c1-7-2-9-10(14-3-7)16-11(18-4-8(13)5-18)12-17-15-6-19(9)12/h2-3,6,8H,4-5,13H2,1H3. The van der Waals surface area contributed by atoms with Gasteiger partial charge in [0, 0.05) is 25.3 Å². The van der Waals surface area contributed by atoms with Crippen LogP contribution in [0.2, 0.25) is 0 Å². The van der Waals surface area contributed by atoms with Crippen molar-refractivity contribution < 1.29 is 0 Å². The molecule has 4 rings (SSSR count). The van der Waals surface area contributed by atoms with Crippen molar-refractivity contribution in [2.24, 2.45) is 5.73 Å². The normalized spacial score (nSPS) is 16.2. The SMILES string of the molecule is Cc1cnc2nc(N3CC(N)C3)c3nncn3c2c1. The van der Waals surface area contributed by atoms with Crippen LogP contribution in [0.15, 0.2) is 18.6 Å². The molecular weight excluding hydrogens is 242 g/mol. The molecule has 0 atom stereocenters. The number of aryl methyl sites for hydroxylation is 1. The Kier molecular flexibility index (Phi) is 2.02. The summed E-state index contributed by atoms with van der Waals surface area (Å²) in [6, 6.07) is 2.25. The Morgan fingerprint density at radius 2 is 2.21 bits per heavy atom. The Labute approximate surface area is 109 Å². The van der Waals surface area contributed by atoms with Crippen LogP contribution in [-0.2, 0) is 0 Å². The van der Waals surface area contributed by atoms with Crippen LogP contribution in [0, 0.1) is 6.92 Å². The Balaban J connectivity index is 2.02. The predicted octanol–water partition coefficient (Wildman–Crippen LogP) is 0.128. The molecule has 3 aromatic rings. The van der Waals surface area contributed by atoms with Gasteiger partial charge in [-0.3, -0.25) is 4.40 Å². The molecule has 1 aliphatic heterocycles. The fraction of sp³-hybridized carbons (Fsp3) is 0.333. The van der Waals surface area contributed by atoms with Crippen LogP contribution in [0.5, 0.6) is 0 Å². The lowest BCUT2D eigenvalue weighted by Gasteiger charge is -2.37. The first kappa shape index (κ1) is 10.6. The van der Waals surface area contributed by atoms with E-state index in [1.54, 1.807) is 6.33 Å². The highest BCUT2D eigenvalue weighted by Crippen LogP contribution is 2.25. The molecule has 1 fully saturated rings. The van der Waals surface area contributed by atoms with E-state index in [4.69, 9.17) is 5.73 Å². The Morgan fingerprint density at radius 3 is 3.00 bits per heavy atom. The molecule has 0 amide bonds. The van der Waals surface area contributed by atoms with Gasteiger partial charge >= 0.3 is 0 Å². The number of hydrogen-bond donors (Lipinski definition) is 1. The minimum atomic E-state index is 0.214. The molecule has 0 bridgehead atoms. The smallest absolute Gasteiger partial charge is 0.204 e. The number of rotatable bonds is 1. The summed E-state index contributed by atoms with van der Waals surface area (Å²) in [6.45, 7) is 3.60. The Bertz CT molecular complexity index is 772. The van der Waals surface area contributed by atoms with Crippen molar-refractivity contribution in [1.29, 1.82) is 0 Å². The zero-order chi connectivity index (χ0) is 13.0. The van der Waals surface area contributed by atoms with Crippen LogP contribution >= 0.6 is 0 Å². The number of nitrogens with two attached hydrogens (primary N) is 1. The second-order valence-corrected chi connectivity index (χ2v) is 4.98. The van der Waals surface area contributed by atoms with Gasteiger partial charge < -0.3 is 10.6 Å². The highest BCUT2D eigenvalue weighted by atomic mass is 15.3. The van der Waals surface area contributed by atoms with Crippen molar-refractivity contribution in [3.8, 4) is 0 Å². The maximum atomic E-state index is 5.83. The summed E-state index contributed by atoms with van der Waals surface area (Å²) in [4.78, 5) is 11.1. The van der Waals surface area contributed by atoms with E-state index in [0.717, 1.165) is 35.6 Å².